The third-order valence-electron chi connectivity index (χ3n) is 3.63. The highest BCUT2D eigenvalue weighted by molar-refractivity contribution is 5.87. The number of nitrogens with zero attached hydrogens (tertiary/aromatic N) is 2. The molecular weight excluding hydrogens is 262 g/mol. The standard InChI is InChI=1S/C17H17N3O/c1-21-15-6-5-12-3-2-4-13(16(12)8-15)7-17(18)14-9-19-11-20-10-14/h2-6,8-11,17H,7,18H2,1H3. The van der Waals surface area contributed by atoms with E-state index in [1.54, 1.807) is 19.5 Å². The lowest BCUT2D eigenvalue weighted by Crippen LogP contribution is -2.14. The van der Waals surface area contributed by atoms with Gasteiger partial charge in [0.05, 0.1) is 7.11 Å². The van der Waals surface area contributed by atoms with Crippen LogP contribution in [0.2, 0.25) is 0 Å². The summed E-state index contributed by atoms with van der Waals surface area (Å²) in [5.41, 5.74) is 8.42. The van der Waals surface area contributed by atoms with Gasteiger partial charge in [0.1, 0.15) is 12.1 Å². The predicted molar refractivity (Wildman–Crippen MR) is 83.2 cm³/mol. The Hall–Kier alpha value is -2.46. The van der Waals surface area contributed by atoms with Gasteiger partial charge < -0.3 is 10.5 Å². The molecule has 0 amide bonds. The molecule has 0 aliphatic heterocycles. The van der Waals surface area contributed by atoms with Crippen LogP contribution in [0.1, 0.15) is 17.2 Å². The molecule has 106 valence electrons. The second-order valence-electron chi connectivity index (χ2n) is 4.99. The highest BCUT2D eigenvalue weighted by Crippen LogP contribution is 2.26. The molecule has 0 saturated carbocycles. The zero-order chi connectivity index (χ0) is 14.7. The van der Waals surface area contributed by atoms with Crippen molar-refractivity contribution in [2.24, 2.45) is 5.73 Å². The molecule has 3 aromatic rings. The molecule has 4 heteroatoms. The minimum absolute atomic E-state index is 0.122. The highest BCUT2D eigenvalue weighted by atomic mass is 16.5. The third-order valence-corrected chi connectivity index (χ3v) is 3.63. The van der Waals surface area contributed by atoms with Crippen LogP contribution in [0, 0.1) is 0 Å². The van der Waals surface area contributed by atoms with E-state index in [4.69, 9.17) is 10.5 Å². The van der Waals surface area contributed by atoms with Gasteiger partial charge >= 0.3 is 0 Å². The van der Waals surface area contributed by atoms with Gasteiger partial charge in [-0.3, -0.25) is 0 Å². The Morgan fingerprint density at radius 2 is 1.95 bits per heavy atom. The Morgan fingerprint density at radius 1 is 1.14 bits per heavy atom. The maximum atomic E-state index is 6.28. The zero-order valence-corrected chi connectivity index (χ0v) is 11.9. The van der Waals surface area contributed by atoms with Gasteiger partial charge in [0.2, 0.25) is 0 Å². The van der Waals surface area contributed by atoms with Gasteiger partial charge in [0.15, 0.2) is 0 Å². The number of rotatable bonds is 4. The topological polar surface area (TPSA) is 61.0 Å². The summed E-state index contributed by atoms with van der Waals surface area (Å²) < 4.78 is 5.32. The molecule has 3 rings (SSSR count). The van der Waals surface area contributed by atoms with E-state index in [0.717, 1.165) is 17.7 Å². The van der Waals surface area contributed by atoms with Crippen molar-refractivity contribution in [3.8, 4) is 5.75 Å². The van der Waals surface area contributed by atoms with Crippen LogP contribution in [0.15, 0.2) is 55.1 Å². The van der Waals surface area contributed by atoms with Crippen LogP contribution in [-0.4, -0.2) is 17.1 Å². The quantitative estimate of drug-likeness (QED) is 0.797. The van der Waals surface area contributed by atoms with E-state index in [1.165, 1.54) is 22.7 Å². The summed E-state index contributed by atoms with van der Waals surface area (Å²) in [5, 5.41) is 2.36. The fourth-order valence-corrected chi connectivity index (χ4v) is 2.48. The van der Waals surface area contributed by atoms with E-state index in [-0.39, 0.29) is 6.04 Å². The number of fused-ring (bicyclic) bond motifs is 1. The molecule has 2 N–H and O–H groups in total. The molecule has 0 fully saturated rings. The van der Waals surface area contributed by atoms with Gasteiger partial charge in [-0.2, -0.15) is 0 Å². The van der Waals surface area contributed by atoms with Gasteiger partial charge in [0.25, 0.3) is 0 Å². The summed E-state index contributed by atoms with van der Waals surface area (Å²) in [4.78, 5) is 8.05. The smallest absolute Gasteiger partial charge is 0.119 e. The van der Waals surface area contributed by atoms with Crippen molar-refractivity contribution in [3.05, 3.63) is 66.2 Å². The fraction of sp³-hybridized carbons (Fsp3) is 0.176. The number of nitrogens with two attached hydrogens (primary N) is 1. The van der Waals surface area contributed by atoms with Crippen LogP contribution in [-0.2, 0) is 6.42 Å². The van der Waals surface area contributed by atoms with Gasteiger partial charge in [-0.15, -0.1) is 0 Å². The molecular formula is C17H17N3O. The first-order valence-corrected chi connectivity index (χ1v) is 6.84. The van der Waals surface area contributed by atoms with E-state index in [0.29, 0.717) is 0 Å². The molecule has 1 unspecified atom stereocenters. The number of hydrogen-bond donors (Lipinski definition) is 1. The Balaban J connectivity index is 1.96. The van der Waals surface area contributed by atoms with Crippen molar-refractivity contribution in [3.63, 3.8) is 0 Å². The number of methoxy groups -OCH3 is 1. The molecule has 0 spiro atoms. The maximum Gasteiger partial charge on any atom is 0.119 e. The Kier molecular flexibility index (Phi) is 3.79. The van der Waals surface area contributed by atoms with E-state index < -0.39 is 0 Å². The molecule has 4 nitrogen and oxygen atoms in total. The van der Waals surface area contributed by atoms with Crippen LogP contribution in [0.4, 0.5) is 0 Å². The minimum atomic E-state index is -0.122. The third kappa shape index (κ3) is 2.85. The summed E-state index contributed by atoms with van der Waals surface area (Å²) in [6, 6.07) is 12.2. The number of hydrogen-bond acceptors (Lipinski definition) is 4. The number of aromatic nitrogens is 2. The first-order valence-electron chi connectivity index (χ1n) is 6.84. The molecule has 0 radical (unpaired) electrons. The van der Waals surface area contributed by atoms with Crippen LogP contribution in [0.3, 0.4) is 0 Å². The highest BCUT2D eigenvalue weighted by Gasteiger charge is 2.10. The van der Waals surface area contributed by atoms with Crippen molar-refractivity contribution >= 4 is 10.8 Å². The van der Waals surface area contributed by atoms with Crippen molar-refractivity contribution in [2.45, 2.75) is 12.5 Å². The summed E-state index contributed by atoms with van der Waals surface area (Å²) in [5.74, 6) is 0.853. The summed E-state index contributed by atoms with van der Waals surface area (Å²) in [7, 11) is 1.68. The largest absolute Gasteiger partial charge is 0.497 e. The summed E-state index contributed by atoms with van der Waals surface area (Å²) in [6.07, 6.45) is 5.78. The summed E-state index contributed by atoms with van der Waals surface area (Å²) >= 11 is 0. The lowest BCUT2D eigenvalue weighted by Gasteiger charge is -2.13. The molecule has 21 heavy (non-hydrogen) atoms. The van der Waals surface area contributed by atoms with Crippen molar-refractivity contribution in [1.29, 1.82) is 0 Å². The summed E-state index contributed by atoms with van der Waals surface area (Å²) in [6.45, 7) is 0. The monoisotopic (exact) mass is 279 g/mol. The number of ether oxygens (including phenoxy) is 1. The Morgan fingerprint density at radius 3 is 2.71 bits per heavy atom. The van der Waals surface area contributed by atoms with Crippen molar-refractivity contribution in [1.82, 2.24) is 9.97 Å². The van der Waals surface area contributed by atoms with E-state index in [9.17, 15) is 0 Å². The van der Waals surface area contributed by atoms with Crippen LogP contribution < -0.4 is 10.5 Å². The van der Waals surface area contributed by atoms with E-state index >= 15 is 0 Å². The average molecular weight is 279 g/mol. The van der Waals surface area contributed by atoms with Crippen LogP contribution >= 0.6 is 0 Å². The molecule has 1 atom stereocenters. The minimum Gasteiger partial charge on any atom is -0.497 e. The molecule has 0 aliphatic carbocycles. The SMILES string of the molecule is COc1ccc2cccc(CC(N)c3cncnc3)c2c1. The molecule has 2 aromatic carbocycles. The molecule has 0 bridgehead atoms. The Bertz CT molecular complexity index is 743. The van der Waals surface area contributed by atoms with E-state index in [1.807, 2.05) is 6.07 Å². The lowest BCUT2D eigenvalue weighted by atomic mass is 9.96. The van der Waals surface area contributed by atoms with Crippen molar-refractivity contribution in [2.75, 3.05) is 7.11 Å². The number of benzene rings is 2. The first-order chi connectivity index (χ1) is 10.3. The Labute approximate surface area is 123 Å². The normalized spacial score (nSPS) is 12.3. The van der Waals surface area contributed by atoms with Crippen LogP contribution in [0.25, 0.3) is 10.8 Å². The van der Waals surface area contributed by atoms with Crippen LogP contribution in [0.5, 0.6) is 5.75 Å². The fourth-order valence-electron chi connectivity index (χ4n) is 2.48. The predicted octanol–water partition coefficient (Wildman–Crippen LogP) is 2.88. The van der Waals surface area contributed by atoms with Crippen molar-refractivity contribution < 1.29 is 4.74 Å². The van der Waals surface area contributed by atoms with E-state index in [2.05, 4.69) is 40.3 Å². The average Bonchev–Trinajstić information content (AvgIpc) is 2.55. The lowest BCUT2D eigenvalue weighted by molar-refractivity contribution is 0.415. The molecule has 0 saturated heterocycles. The zero-order valence-electron chi connectivity index (χ0n) is 11.9. The van der Waals surface area contributed by atoms with Gasteiger partial charge in [-0.25, -0.2) is 9.97 Å². The van der Waals surface area contributed by atoms with Gasteiger partial charge in [0, 0.05) is 24.0 Å². The van der Waals surface area contributed by atoms with Gasteiger partial charge in [-0.1, -0.05) is 24.3 Å². The molecule has 1 heterocycles. The first kappa shape index (κ1) is 13.5. The maximum absolute atomic E-state index is 6.28. The second-order valence-corrected chi connectivity index (χ2v) is 4.99. The second kappa shape index (κ2) is 5.89. The van der Waals surface area contributed by atoms with Gasteiger partial charge in [-0.05, 0) is 34.9 Å². The molecule has 0 aliphatic rings. The molecule has 1 aromatic heterocycles.